The van der Waals surface area contributed by atoms with Crippen LogP contribution in [0.25, 0.3) is 10.9 Å². The first kappa shape index (κ1) is 19.6. The second-order valence-electron chi connectivity index (χ2n) is 7.48. The Balaban J connectivity index is 1.26. The molecule has 0 saturated carbocycles. The summed E-state index contributed by atoms with van der Waals surface area (Å²) in [6, 6.07) is 8.34. The second kappa shape index (κ2) is 8.75. The number of rotatable bonds is 7. The zero-order valence-electron chi connectivity index (χ0n) is 17.0. The van der Waals surface area contributed by atoms with E-state index in [9.17, 15) is 4.79 Å². The van der Waals surface area contributed by atoms with Gasteiger partial charge in [-0.2, -0.15) is 4.98 Å². The fourth-order valence-corrected chi connectivity index (χ4v) is 3.91. The van der Waals surface area contributed by atoms with Crippen LogP contribution in [0.15, 0.2) is 35.0 Å². The molecule has 1 aliphatic heterocycles. The molecule has 1 amide bonds. The summed E-state index contributed by atoms with van der Waals surface area (Å²) in [6.45, 7) is 4.03. The molecular formula is C21H27N5O3. The Morgan fingerprint density at radius 3 is 2.79 bits per heavy atom. The summed E-state index contributed by atoms with van der Waals surface area (Å²) in [5, 5.41) is 5.12. The zero-order chi connectivity index (χ0) is 20.2. The summed E-state index contributed by atoms with van der Waals surface area (Å²) in [5.74, 6) is 1.37. The minimum atomic E-state index is 0.220. The molecule has 0 atom stereocenters. The number of carbonyl (C=O) groups excluding carboxylic acids is 1. The maximum absolute atomic E-state index is 12.7. The van der Waals surface area contributed by atoms with Gasteiger partial charge in [0.25, 0.3) is 0 Å². The van der Waals surface area contributed by atoms with Crippen molar-refractivity contribution in [3.8, 4) is 0 Å². The second-order valence-corrected chi connectivity index (χ2v) is 7.48. The van der Waals surface area contributed by atoms with Crippen LogP contribution >= 0.6 is 0 Å². The number of piperazine rings is 1. The predicted molar refractivity (Wildman–Crippen MR) is 108 cm³/mol. The van der Waals surface area contributed by atoms with Crippen molar-refractivity contribution < 1.29 is 14.1 Å². The minimum absolute atomic E-state index is 0.220. The van der Waals surface area contributed by atoms with Gasteiger partial charge in [-0.1, -0.05) is 23.4 Å². The van der Waals surface area contributed by atoms with Gasteiger partial charge in [-0.25, -0.2) is 0 Å². The maximum atomic E-state index is 12.7. The van der Waals surface area contributed by atoms with E-state index in [1.54, 1.807) is 7.11 Å². The number of aromatic nitrogens is 3. The van der Waals surface area contributed by atoms with Crippen molar-refractivity contribution in [1.82, 2.24) is 24.5 Å². The van der Waals surface area contributed by atoms with Crippen LogP contribution < -0.4 is 0 Å². The van der Waals surface area contributed by atoms with Gasteiger partial charge in [0, 0.05) is 63.9 Å². The van der Waals surface area contributed by atoms with Crippen LogP contribution in [-0.4, -0.2) is 63.7 Å². The standard InChI is InChI=1S/C21H27N5O3/c1-24-13-16(17-5-3-4-6-18(17)24)7-8-21(27)26-11-9-25(10-12-26)14-20-22-19(15-28-2)23-29-20/h3-6,13H,7-12,14-15H2,1-2H3. The van der Waals surface area contributed by atoms with Crippen molar-refractivity contribution in [2.75, 3.05) is 33.3 Å². The lowest BCUT2D eigenvalue weighted by molar-refractivity contribution is -0.133. The van der Waals surface area contributed by atoms with E-state index in [0.717, 1.165) is 32.6 Å². The molecule has 3 aromatic rings. The van der Waals surface area contributed by atoms with Gasteiger partial charge >= 0.3 is 0 Å². The largest absolute Gasteiger partial charge is 0.377 e. The summed E-state index contributed by atoms with van der Waals surface area (Å²) in [5.41, 5.74) is 2.44. The average molecular weight is 397 g/mol. The van der Waals surface area contributed by atoms with Crippen LogP contribution in [0.4, 0.5) is 0 Å². The summed E-state index contributed by atoms with van der Waals surface area (Å²) < 4.78 is 12.4. The van der Waals surface area contributed by atoms with Gasteiger partial charge in [-0.15, -0.1) is 0 Å². The number of methoxy groups -OCH3 is 1. The van der Waals surface area contributed by atoms with Crippen LogP contribution in [0.1, 0.15) is 23.7 Å². The Hall–Kier alpha value is -2.71. The first-order valence-electron chi connectivity index (χ1n) is 9.97. The molecule has 0 spiro atoms. The number of nitrogens with zero attached hydrogens (tertiary/aromatic N) is 5. The van der Waals surface area contributed by atoms with E-state index >= 15 is 0 Å². The summed E-state index contributed by atoms with van der Waals surface area (Å²) >= 11 is 0. The molecule has 1 aliphatic rings. The molecule has 0 aliphatic carbocycles. The molecule has 0 N–H and O–H groups in total. The number of benzene rings is 1. The van der Waals surface area contributed by atoms with Crippen LogP contribution in [0.5, 0.6) is 0 Å². The molecule has 1 aromatic carbocycles. The molecule has 1 saturated heterocycles. The molecule has 8 heteroatoms. The molecular weight excluding hydrogens is 370 g/mol. The van der Waals surface area contributed by atoms with E-state index in [4.69, 9.17) is 9.26 Å². The highest BCUT2D eigenvalue weighted by Gasteiger charge is 2.22. The highest BCUT2D eigenvalue weighted by Crippen LogP contribution is 2.22. The number of carbonyl (C=O) groups is 1. The van der Waals surface area contributed by atoms with Gasteiger partial charge in [0.1, 0.15) is 6.61 Å². The van der Waals surface area contributed by atoms with Crippen LogP contribution in [-0.2, 0) is 36.2 Å². The molecule has 0 unspecified atom stereocenters. The first-order valence-corrected chi connectivity index (χ1v) is 9.97. The molecule has 29 heavy (non-hydrogen) atoms. The molecule has 4 rings (SSSR count). The van der Waals surface area contributed by atoms with Gasteiger partial charge in [0.05, 0.1) is 6.54 Å². The molecule has 154 valence electrons. The van der Waals surface area contributed by atoms with Gasteiger partial charge in [0.2, 0.25) is 11.8 Å². The lowest BCUT2D eigenvalue weighted by atomic mass is 10.1. The van der Waals surface area contributed by atoms with Gasteiger partial charge in [-0.3, -0.25) is 9.69 Å². The van der Waals surface area contributed by atoms with E-state index in [1.165, 1.54) is 16.5 Å². The van der Waals surface area contributed by atoms with Gasteiger partial charge in [0.15, 0.2) is 5.82 Å². The number of para-hydroxylation sites is 1. The van der Waals surface area contributed by atoms with Crippen LogP contribution in [0, 0.1) is 0 Å². The molecule has 0 bridgehead atoms. The lowest BCUT2D eigenvalue weighted by Crippen LogP contribution is -2.48. The van der Waals surface area contributed by atoms with Crippen molar-refractivity contribution in [2.45, 2.75) is 26.0 Å². The maximum Gasteiger partial charge on any atom is 0.240 e. The third-order valence-electron chi connectivity index (χ3n) is 5.46. The average Bonchev–Trinajstić information content (AvgIpc) is 3.31. The van der Waals surface area contributed by atoms with E-state index in [2.05, 4.69) is 51.1 Å². The molecule has 0 radical (unpaired) electrons. The van der Waals surface area contributed by atoms with E-state index < -0.39 is 0 Å². The molecule has 2 aromatic heterocycles. The molecule has 1 fully saturated rings. The Morgan fingerprint density at radius 2 is 2.00 bits per heavy atom. The summed E-state index contributed by atoms with van der Waals surface area (Å²) in [7, 11) is 3.65. The van der Waals surface area contributed by atoms with Crippen molar-refractivity contribution in [3.05, 3.63) is 47.7 Å². The molecule has 3 heterocycles. The van der Waals surface area contributed by atoms with E-state index in [0.29, 0.717) is 31.3 Å². The quantitative estimate of drug-likeness (QED) is 0.607. The van der Waals surface area contributed by atoms with Crippen molar-refractivity contribution in [2.24, 2.45) is 7.05 Å². The number of amides is 1. The summed E-state index contributed by atoms with van der Waals surface area (Å²) in [6.07, 6.45) is 3.45. The number of hydrogen-bond donors (Lipinski definition) is 0. The molecule has 8 nitrogen and oxygen atoms in total. The topological polar surface area (TPSA) is 76.6 Å². The predicted octanol–water partition coefficient (Wildman–Crippen LogP) is 1.98. The normalized spacial score (nSPS) is 15.3. The minimum Gasteiger partial charge on any atom is -0.377 e. The highest BCUT2D eigenvalue weighted by atomic mass is 16.5. The lowest BCUT2D eigenvalue weighted by Gasteiger charge is -2.34. The highest BCUT2D eigenvalue weighted by molar-refractivity contribution is 5.85. The monoisotopic (exact) mass is 397 g/mol. The zero-order valence-corrected chi connectivity index (χ0v) is 17.0. The Labute approximate surface area is 170 Å². The van der Waals surface area contributed by atoms with Crippen molar-refractivity contribution >= 4 is 16.8 Å². The number of hydrogen-bond acceptors (Lipinski definition) is 6. The van der Waals surface area contributed by atoms with Gasteiger partial charge < -0.3 is 18.7 Å². The fourth-order valence-electron chi connectivity index (χ4n) is 3.91. The summed E-state index contributed by atoms with van der Waals surface area (Å²) in [4.78, 5) is 21.2. The number of ether oxygens (including phenoxy) is 1. The SMILES string of the molecule is COCc1noc(CN2CCN(C(=O)CCc3cn(C)c4ccccc34)CC2)n1. The van der Waals surface area contributed by atoms with Gasteiger partial charge in [-0.05, 0) is 18.1 Å². The van der Waals surface area contributed by atoms with E-state index in [-0.39, 0.29) is 5.91 Å². The van der Waals surface area contributed by atoms with Crippen molar-refractivity contribution in [1.29, 1.82) is 0 Å². The van der Waals surface area contributed by atoms with Crippen molar-refractivity contribution in [3.63, 3.8) is 0 Å². The first-order chi connectivity index (χ1) is 14.1. The Morgan fingerprint density at radius 1 is 1.21 bits per heavy atom. The van der Waals surface area contributed by atoms with Crippen LogP contribution in [0.3, 0.4) is 0 Å². The third kappa shape index (κ3) is 4.49. The fraction of sp³-hybridized carbons (Fsp3) is 0.476. The number of aryl methyl sites for hydroxylation is 2. The third-order valence-corrected chi connectivity index (χ3v) is 5.46. The van der Waals surface area contributed by atoms with E-state index in [1.807, 2.05) is 11.0 Å². The number of fused-ring (bicyclic) bond motifs is 1. The Kier molecular flexibility index (Phi) is 5.92. The smallest absolute Gasteiger partial charge is 0.240 e. The Bertz CT molecular complexity index is 972. The van der Waals surface area contributed by atoms with Crippen LogP contribution in [0.2, 0.25) is 0 Å².